The van der Waals surface area contributed by atoms with E-state index in [1.807, 2.05) is 18.2 Å². The number of rotatable bonds is 5. The molecule has 0 saturated heterocycles. The lowest BCUT2D eigenvalue weighted by Gasteiger charge is -2.24. The van der Waals surface area contributed by atoms with Gasteiger partial charge in [0.25, 0.3) is 0 Å². The zero-order chi connectivity index (χ0) is 13.0. The largest absolute Gasteiger partial charge is 0.366 e. The molecule has 2 rings (SSSR count). The predicted molar refractivity (Wildman–Crippen MR) is 80.6 cm³/mol. The van der Waals surface area contributed by atoms with E-state index in [4.69, 9.17) is 0 Å². The third-order valence-corrected chi connectivity index (χ3v) is 4.12. The Kier molecular flexibility index (Phi) is 4.55. The van der Waals surface area contributed by atoms with Gasteiger partial charge in [0, 0.05) is 27.1 Å². The van der Waals surface area contributed by atoms with Crippen molar-refractivity contribution in [3.8, 4) is 0 Å². The van der Waals surface area contributed by atoms with Gasteiger partial charge in [0.15, 0.2) is 6.29 Å². The summed E-state index contributed by atoms with van der Waals surface area (Å²) in [5.74, 6) is 0. The smallest absolute Gasteiger partial charge is 0.152 e. The number of aldehydes is 1. The molecule has 0 amide bonds. The van der Waals surface area contributed by atoms with Crippen LogP contribution in [0.5, 0.6) is 0 Å². The Morgan fingerprint density at radius 3 is 2.83 bits per heavy atom. The topological polar surface area (TPSA) is 20.3 Å². The van der Waals surface area contributed by atoms with E-state index in [2.05, 4.69) is 45.3 Å². The minimum Gasteiger partial charge on any atom is -0.366 e. The Balaban J connectivity index is 2.31. The summed E-state index contributed by atoms with van der Waals surface area (Å²) in [6.45, 7) is 3.81. The summed E-state index contributed by atoms with van der Waals surface area (Å²) in [4.78, 5) is 14.6. The molecule has 0 aliphatic carbocycles. The molecular formula is C14H14BrNOS. The number of carbonyl (C=O) groups excluding carboxylic acids is 1. The molecule has 0 N–H and O–H groups in total. The first-order chi connectivity index (χ1) is 8.74. The predicted octanol–water partition coefficient (Wildman–Crippen LogP) is 4.35. The molecule has 0 atom stereocenters. The van der Waals surface area contributed by atoms with E-state index in [9.17, 15) is 4.79 Å². The molecule has 18 heavy (non-hydrogen) atoms. The molecule has 2 nitrogen and oxygen atoms in total. The van der Waals surface area contributed by atoms with Gasteiger partial charge in [-0.15, -0.1) is 11.3 Å². The Morgan fingerprint density at radius 2 is 2.22 bits per heavy atom. The van der Waals surface area contributed by atoms with Crippen LogP contribution in [0.1, 0.15) is 22.2 Å². The summed E-state index contributed by atoms with van der Waals surface area (Å²) in [5.41, 5.74) is 1.71. The minimum absolute atomic E-state index is 0.733. The molecule has 0 unspecified atom stereocenters. The second kappa shape index (κ2) is 6.16. The van der Waals surface area contributed by atoms with Gasteiger partial charge >= 0.3 is 0 Å². The Labute approximate surface area is 119 Å². The number of nitrogens with zero attached hydrogens (tertiary/aromatic N) is 1. The lowest BCUT2D eigenvalue weighted by molar-refractivity contribution is 0.112. The summed E-state index contributed by atoms with van der Waals surface area (Å²) in [7, 11) is 0. The number of thiophene rings is 1. The van der Waals surface area contributed by atoms with E-state index in [0.717, 1.165) is 35.1 Å². The lowest BCUT2D eigenvalue weighted by atomic mass is 10.1. The van der Waals surface area contributed by atoms with Crippen molar-refractivity contribution in [2.24, 2.45) is 0 Å². The van der Waals surface area contributed by atoms with Crippen molar-refractivity contribution in [1.29, 1.82) is 0 Å². The number of carbonyl (C=O) groups is 1. The lowest BCUT2D eigenvalue weighted by Crippen LogP contribution is -2.22. The fourth-order valence-electron chi connectivity index (χ4n) is 1.85. The Morgan fingerprint density at radius 1 is 1.39 bits per heavy atom. The maximum absolute atomic E-state index is 11.1. The average Bonchev–Trinajstić information content (AvgIpc) is 2.88. The SMILES string of the molecule is CCN(Cc1cccs1)c1cc(Br)ccc1C=O. The zero-order valence-electron chi connectivity index (χ0n) is 10.1. The monoisotopic (exact) mass is 323 g/mol. The van der Waals surface area contributed by atoms with Gasteiger partial charge in [-0.05, 0) is 36.6 Å². The van der Waals surface area contributed by atoms with Gasteiger partial charge in [-0.3, -0.25) is 4.79 Å². The number of hydrogen-bond donors (Lipinski definition) is 0. The summed E-state index contributed by atoms with van der Waals surface area (Å²) in [6.07, 6.45) is 0.916. The van der Waals surface area contributed by atoms with Crippen molar-refractivity contribution < 1.29 is 4.79 Å². The quantitative estimate of drug-likeness (QED) is 0.762. The van der Waals surface area contributed by atoms with Gasteiger partial charge < -0.3 is 4.90 Å². The van der Waals surface area contributed by atoms with Crippen molar-refractivity contribution in [3.05, 3.63) is 50.6 Å². The normalized spacial score (nSPS) is 10.3. The molecule has 4 heteroatoms. The number of hydrogen-bond acceptors (Lipinski definition) is 3. The van der Waals surface area contributed by atoms with E-state index in [1.54, 1.807) is 11.3 Å². The van der Waals surface area contributed by atoms with Crippen molar-refractivity contribution in [2.75, 3.05) is 11.4 Å². The Bertz CT molecular complexity index is 525. The number of anilines is 1. The highest BCUT2D eigenvalue weighted by molar-refractivity contribution is 9.10. The van der Waals surface area contributed by atoms with Crippen LogP contribution in [0.2, 0.25) is 0 Å². The maximum atomic E-state index is 11.1. The summed E-state index contributed by atoms with van der Waals surface area (Å²) in [5, 5.41) is 2.07. The molecule has 0 saturated carbocycles. The summed E-state index contributed by atoms with van der Waals surface area (Å²) >= 11 is 5.20. The standard InChI is InChI=1S/C14H14BrNOS/c1-2-16(9-13-4-3-7-18-13)14-8-12(15)6-5-11(14)10-17/h3-8,10H,2,9H2,1H3. The van der Waals surface area contributed by atoms with Crippen LogP contribution in [-0.4, -0.2) is 12.8 Å². The highest BCUT2D eigenvalue weighted by Gasteiger charge is 2.11. The molecule has 0 radical (unpaired) electrons. The van der Waals surface area contributed by atoms with Crippen LogP contribution in [0.3, 0.4) is 0 Å². The second-order valence-corrected chi connectivity index (χ2v) is 5.86. The molecule has 94 valence electrons. The molecule has 0 bridgehead atoms. The Hall–Kier alpha value is -1.13. The maximum Gasteiger partial charge on any atom is 0.152 e. The fourth-order valence-corrected chi connectivity index (χ4v) is 2.92. The van der Waals surface area contributed by atoms with Crippen LogP contribution in [-0.2, 0) is 6.54 Å². The molecule has 1 heterocycles. The van der Waals surface area contributed by atoms with Crippen LogP contribution < -0.4 is 4.90 Å². The third-order valence-electron chi connectivity index (χ3n) is 2.77. The van der Waals surface area contributed by atoms with Gasteiger partial charge in [-0.25, -0.2) is 0 Å². The summed E-state index contributed by atoms with van der Waals surface area (Å²) in [6, 6.07) is 9.91. The van der Waals surface area contributed by atoms with Crippen LogP contribution in [0, 0.1) is 0 Å². The number of halogens is 1. The van der Waals surface area contributed by atoms with Crippen molar-refractivity contribution >= 4 is 39.2 Å². The van der Waals surface area contributed by atoms with E-state index >= 15 is 0 Å². The van der Waals surface area contributed by atoms with E-state index < -0.39 is 0 Å². The van der Waals surface area contributed by atoms with Gasteiger partial charge in [-0.1, -0.05) is 22.0 Å². The molecule has 1 aromatic heterocycles. The first kappa shape index (κ1) is 13.3. The van der Waals surface area contributed by atoms with E-state index in [-0.39, 0.29) is 0 Å². The van der Waals surface area contributed by atoms with Crippen LogP contribution in [0.25, 0.3) is 0 Å². The molecule has 0 aliphatic heterocycles. The molecular weight excluding hydrogens is 310 g/mol. The molecule has 1 aromatic carbocycles. The van der Waals surface area contributed by atoms with Gasteiger partial charge in [0.2, 0.25) is 0 Å². The molecule has 2 aromatic rings. The summed E-state index contributed by atoms with van der Waals surface area (Å²) < 4.78 is 0.993. The van der Waals surface area contributed by atoms with Crippen LogP contribution in [0.15, 0.2) is 40.2 Å². The first-order valence-corrected chi connectivity index (χ1v) is 7.44. The van der Waals surface area contributed by atoms with E-state index in [1.165, 1.54) is 4.88 Å². The molecule has 0 fully saturated rings. The molecule has 0 aliphatic rings. The first-order valence-electron chi connectivity index (χ1n) is 5.76. The minimum atomic E-state index is 0.733. The van der Waals surface area contributed by atoms with Crippen molar-refractivity contribution in [3.63, 3.8) is 0 Å². The highest BCUT2D eigenvalue weighted by atomic mass is 79.9. The van der Waals surface area contributed by atoms with Crippen LogP contribution in [0.4, 0.5) is 5.69 Å². The molecule has 0 spiro atoms. The average molecular weight is 324 g/mol. The second-order valence-electron chi connectivity index (χ2n) is 3.91. The van der Waals surface area contributed by atoms with Crippen molar-refractivity contribution in [1.82, 2.24) is 0 Å². The number of benzene rings is 1. The van der Waals surface area contributed by atoms with Gasteiger partial charge in [-0.2, -0.15) is 0 Å². The van der Waals surface area contributed by atoms with Crippen molar-refractivity contribution in [2.45, 2.75) is 13.5 Å². The highest BCUT2D eigenvalue weighted by Crippen LogP contribution is 2.26. The fraction of sp³-hybridized carbons (Fsp3) is 0.214. The third kappa shape index (κ3) is 3.00. The van der Waals surface area contributed by atoms with E-state index in [0.29, 0.717) is 0 Å². The van der Waals surface area contributed by atoms with Gasteiger partial charge in [0.05, 0.1) is 6.54 Å². The van der Waals surface area contributed by atoms with Gasteiger partial charge in [0.1, 0.15) is 0 Å². The van der Waals surface area contributed by atoms with Crippen LogP contribution >= 0.6 is 27.3 Å². The zero-order valence-corrected chi connectivity index (χ0v) is 12.5.